The van der Waals surface area contributed by atoms with E-state index in [-0.39, 0.29) is 5.92 Å². The van der Waals surface area contributed by atoms with Crippen LogP contribution in [0.2, 0.25) is 5.02 Å². The highest BCUT2D eigenvalue weighted by molar-refractivity contribution is 7.98. The van der Waals surface area contributed by atoms with Gasteiger partial charge in [-0.15, -0.1) is 11.3 Å². The fourth-order valence-corrected chi connectivity index (χ4v) is 7.58. The van der Waals surface area contributed by atoms with Gasteiger partial charge in [-0.3, -0.25) is 0 Å². The number of likely N-dealkylation sites (N-methyl/N-ethyl adjacent to an activating group) is 1. The first-order valence-corrected chi connectivity index (χ1v) is 16.6. The largest absolute Gasteiger partial charge is 0.379 e. The zero-order valence-electron chi connectivity index (χ0n) is 23.5. The molecule has 1 saturated heterocycles. The van der Waals surface area contributed by atoms with Crippen molar-refractivity contribution >= 4 is 46.2 Å². The molecule has 1 aromatic carbocycles. The van der Waals surface area contributed by atoms with Crippen LogP contribution in [0, 0.1) is 17.9 Å². The molecule has 0 bridgehead atoms. The Hall–Kier alpha value is -2.66. The van der Waals surface area contributed by atoms with E-state index in [0.29, 0.717) is 32.9 Å². The Morgan fingerprint density at radius 3 is 2.61 bits per heavy atom. The van der Waals surface area contributed by atoms with E-state index in [9.17, 15) is 5.26 Å². The van der Waals surface area contributed by atoms with E-state index >= 15 is 0 Å². The van der Waals surface area contributed by atoms with Crippen molar-refractivity contribution in [3.05, 3.63) is 62.9 Å². The van der Waals surface area contributed by atoms with E-state index in [2.05, 4.69) is 38.5 Å². The van der Waals surface area contributed by atoms with Crippen LogP contribution in [0.1, 0.15) is 61.3 Å². The van der Waals surface area contributed by atoms with E-state index in [1.807, 2.05) is 24.3 Å². The minimum absolute atomic E-state index is 0.228. The standard InChI is InChI=1S/C31H36ClN7S2/c1-34-28-27(22-7-4-3-5-8-22)26(19-33)31(37-29(28)35-13-6-14-39-17-15-38(2)16-18-39)41-21-25-20-40-30(36-25)23-9-11-24(32)12-10-23/h9-12,20,22H,3-8,13-18,21H2,2H3,(H,35,37). The maximum Gasteiger partial charge on any atom is 0.232 e. The number of anilines is 1. The summed E-state index contributed by atoms with van der Waals surface area (Å²) in [4.78, 5) is 18.6. The molecule has 1 aliphatic heterocycles. The molecule has 7 nitrogen and oxygen atoms in total. The van der Waals surface area contributed by atoms with Gasteiger partial charge in [0, 0.05) is 54.4 Å². The summed E-state index contributed by atoms with van der Waals surface area (Å²) in [6, 6.07) is 10.2. The number of rotatable bonds is 10. The molecule has 3 aromatic rings. The van der Waals surface area contributed by atoms with E-state index in [1.165, 1.54) is 6.42 Å². The van der Waals surface area contributed by atoms with Gasteiger partial charge in [-0.25, -0.2) is 14.8 Å². The summed E-state index contributed by atoms with van der Waals surface area (Å²) in [5, 5.41) is 18.2. The van der Waals surface area contributed by atoms with E-state index in [4.69, 9.17) is 28.1 Å². The molecule has 3 heterocycles. The number of pyridine rings is 1. The van der Waals surface area contributed by atoms with Gasteiger partial charge in [0.2, 0.25) is 5.69 Å². The minimum Gasteiger partial charge on any atom is -0.379 e. The first kappa shape index (κ1) is 29.8. The molecular formula is C31H36ClN7S2. The third kappa shape index (κ3) is 7.60. The summed E-state index contributed by atoms with van der Waals surface area (Å²) in [5.41, 5.74) is 4.00. The number of piperazine rings is 1. The van der Waals surface area contributed by atoms with Crippen molar-refractivity contribution in [2.45, 2.75) is 55.2 Å². The van der Waals surface area contributed by atoms with Crippen LogP contribution in [0.15, 0.2) is 34.7 Å². The van der Waals surface area contributed by atoms with Crippen molar-refractivity contribution in [1.29, 1.82) is 5.26 Å². The number of benzene rings is 1. The summed E-state index contributed by atoms with van der Waals surface area (Å²) in [7, 11) is 2.17. The van der Waals surface area contributed by atoms with Crippen LogP contribution in [-0.2, 0) is 5.75 Å². The van der Waals surface area contributed by atoms with Crippen LogP contribution in [0.25, 0.3) is 15.4 Å². The number of halogens is 1. The molecular weight excluding hydrogens is 570 g/mol. The minimum atomic E-state index is 0.228. The second kappa shape index (κ2) is 14.5. The normalized spacial score (nSPS) is 16.8. The van der Waals surface area contributed by atoms with Crippen LogP contribution < -0.4 is 5.32 Å². The fourth-order valence-electron chi connectivity index (χ4n) is 5.63. The number of aromatic nitrogens is 2. The molecule has 5 rings (SSSR count). The lowest BCUT2D eigenvalue weighted by Gasteiger charge is -2.32. The number of nitrogens with zero attached hydrogens (tertiary/aromatic N) is 6. The zero-order valence-corrected chi connectivity index (χ0v) is 25.9. The molecule has 2 aliphatic rings. The van der Waals surface area contributed by atoms with E-state index in [0.717, 1.165) is 93.2 Å². The van der Waals surface area contributed by atoms with Gasteiger partial charge in [-0.1, -0.05) is 54.8 Å². The van der Waals surface area contributed by atoms with Gasteiger partial charge in [0.05, 0.1) is 17.8 Å². The van der Waals surface area contributed by atoms with Crippen LogP contribution >= 0.6 is 34.7 Å². The van der Waals surface area contributed by atoms with Gasteiger partial charge in [0.1, 0.15) is 21.9 Å². The fraction of sp³-hybridized carbons (Fsp3) is 0.484. The molecule has 0 spiro atoms. The maximum atomic E-state index is 10.3. The first-order chi connectivity index (χ1) is 20.1. The molecule has 1 aliphatic carbocycles. The Bertz CT molecular complexity index is 1400. The predicted octanol–water partition coefficient (Wildman–Crippen LogP) is 7.67. The van der Waals surface area contributed by atoms with Gasteiger partial charge < -0.3 is 15.1 Å². The molecule has 2 aromatic heterocycles. The summed E-state index contributed by atoms with van der Waals surface area (Å²) in [6.07, 6.45) is 6.51. The number of hydrogen-bond donors (Lipinski definition) is 1. The SMILES string of the molecule is [C-]#[N+]c1c(NCCCN2CCN(C)CC2)nc(SCc2csc(-c3ccc(Cl)cc3)n2)c(C#N)c1C1CCCCC1. The van der Waals surface area contributed by atoms with Crippen molar-refractivity contribution in [2.24, 2.45) is 0 Å². The van der Waals surface area contributed by atoms with E-state index < -0.39 is 0 Å². The topological polar surface area (TPSA) is 72.4 Å². The molecule has 10 heteroatoms. The summed E-state index contributed by atoms with van der Waals surface area (Å²) in [6.45, 7) is 14.3. The maximum absolute atomic E-state index is 10.3. The molecule has 0 amide bonds. The van der Waals surface area contributed by atoms with Crippen molar-refractivity contribution in [3.63, 3.8) is 0 Å². The quantitative estimate of drug-likeness (QED) is 0.144. The number of nitriles is 1. The third-order valence-electron chi connectivity index (χ3n) is 7.95. The molecule has 2 fully saturated rings. The Kier molecular flexibility index (Phi) is 10.5. The van der Waals surface area contributed by atoms with E-state index in [1.54, 1.807) is 23.1 Å². The Balaban J connectivity index is 1.35. The average Bonchev–Trinajstić information content (AvgIpc) is 3.48. The summed E-state index contributed by atoms with van der Waals surface area (Å²) in [5.74, 6) is 1.46. The lowest BCUT2D eigenvalue weighted by molar-refractivity contribution is 0.154. The molecule has 214 valence electrons. The molecule has 1 saturated carbocycles. The number of thioether (sulfide) groups is 1. The highest BCUT2D eigenvalue weighted by atomic mass is 35.5. The van der Waals surface area contributed by atoms with Crippen molar-refractivity contribution in [2.75, 3.05) is 51.6 Å². The first-order valence-electron chi connectivity index (χ1n) is 14.4. The summed E-state index contributed by atoms with van der Waals surface area (Å²) < 4.78 is 0. The Morgan fingerprint density at radius 2 is 1.90 bits per heavy atom. The third-order valence-corrected chi connectivity index (χ3v) is 10.2. The van der Waals surface area contributed by atoms with Gasteiger partial charge in [-0.05, 0) is 56.5 Å². The second-order valence-corrected chi connectivity index (χ2v) is 13.1. The predicted molar refractivity (Wildman–Crippen MR) is 170 cm³/mol. The molecule has 41 heavy (non-hydrogen) atoms. The lowest BCUT2D eigenvalue weighted by atomic mass is 9.82. The van der Waals surface area contributed by atoms with Gasteiger partial charge in [0.15, 0.2) is 0 Å². The van der Waals surface area contributed by atoms with Crippen LogP contribution in [0.4, 0.5) is 11.5 Å². The smallest absolute Gasteiger partial charge is 0.232 e. The molecule has 1 N–H and O–H groups in total. The van der Waals surface area contributed by atoms with Gasteiger partial charge >= 0.3 is 0 Å². The monoisotopic (exact) mass is 605 g/mol. The van der Waals surface area contributed by atoms with Gasteiger partial charge in [-0.2, -0.15) is 5.26 Å². The second-order valence-electron chi connectivity index (χ2n) is 10.8. The van der Waals surface area contributed by atoms with Crippen molar-refractivity contribution < 1.29 is 0 Å². The highest BCUT2D eigenvalue weighted by Crippen LogP contribution is 2.45. The zero-order chi connectivity index (χ0) is 28.6. The van der Waals surface area contributed by atoms with Crippen LogP contribution in [0.5, 0.6) is 0 Å². The highest BCUT2D eigenvalue weighted by Gasteiger charge is 2.28. The average molecular weight is 606 g/mol. The van der Waals surface area contributed by atoms with Crippen LogP contribution in [-0.4, -0.2) is 66.1 Å². The number of hydrogen-bond acceptors (Lipinski definition) is 8. The van der Waals surface area contributed by atoms with Crippen molar-refractivity contribution in [3.8, 4) is 16.6 Å². The molecule has 0 unspecified atom stereocenters. The van der Waals surface area contributed by atoms with Crippen LogP contribution in [0.3, 0.4) is 0 Å². The Morgan fingerprint density at radius 1 is 1.15 bits per heavy atom. The number of thiazole rings is 1. The Labute approximate surface area is 256 Å². The number of nitrogens with one attached hydrogen (secondary N) is 1. The molecule has 0 radical (unpaired) electrons. The van der Waals surface area contributed by atoms with Gasteiger partial charge in [0.25, 0.3) is 0 Å². The molecule has 0 atom stereocenters. The summed E-state index contributed by atoms with van der Waals surface area (Å²) >= 11 is 9.20. The van der Waals surface area contributed by atoms with Crippen molar-refractivity contribution in [1.82, 2.24) is 19.8 Å². The lowest BCUT2D eigenvalue weighted by Crippen LogP contribution is -2.44.